The van der Waals surface area contributed by atoms with Crippen LogP contribution in [0.2, 0.25) is 5.02 Å². The molecule has 0 fully saturated rings. The number of sulfonamides is 1. The zero-order valence-corrected chi connectivity index (χ0v) is 18.3. The number of para-hydroxylation sites is 2. The normalized spacial score (nSPS) is 15.2. The Labute approximate surface area is 191 Å². The van der Waals surface area contributed by atoms with Crippen LogP contribution in [-0.4, -0.2) is 19.9 Å². The number of ketones is 1. The lowest BCUT2D eigenvalue weighted by Crippen LogP contribution is -2.23. The standard InChI is InChI=1S/C24H18ClN3O3S/c25-17-11-13-20(14-12-17)32(30,31)28-23-15-21(26-18-7-3-1-4-8-18)22(16-24(23)29)27-19-9-5-2-6-10-19/h1-16,26-27H. The molecule has 160 valence electrons. The van der Waals surface area contributed by atoms with Gasteiger partial charge in [0.05, 0.1) is 16.3 Å². The summed E-state index contributed by atoms with van der Waals surface area (Å²) in [6, 6.07) is 24.3. The molecule has 0 heterocycles. The van der Waals surface area contributed by atoms with Gasteiger partial charge in [-0.2, -0.15) is 12.8 Å². The van der Waals surface area contributed by atoms with Crippen LogP contribution in [-0.2, 0) is 14.8 Å². The fourth-order valence-corrected chi connectivity index (χ4v) is 4.10. The summed E-state index contributed by atoms with van der Waals surface area (Å²) < 4.78 is 29.2. The average molecular weight is 464 g/mol. The third kappa shape index (κ3) is 5.14. The quantitative estimate of drug-likeness (QED) is 0.500. The molecule has 4 rings (SSSR count). The van der Waals surface area contributed by atoms with Crippen molar-refractivity contribution >= 4 is 44.5 Å². The van der Waals surface area contributed by atoms with Crippen molar-refractivity contribution in [3.63, 3.8) is 0 Å². The Morgan fingerprint density at radius 2 is 1.19 bits per heavy atom. The molecular formula is C24H18ClN3O3S. The van der Waals surface area contributed by atoms with Crippen molar-refractivity contribution in [2.24, 2.45) is 4.40 Å². The van der Waals surface area contributed by atoms with E-state index in [4.69, 9.17) is 11.6 Å². The first-order valence-electron chi connectivity index (χ1n) is 9.63. The Balaban J connectivity index is 1.72. The number of benzene rings is 3. The molecule has 0 saturated carbocycles. The lowest BCUT2D eigenvalue weighted by atomic mass is 10.0. The second kappa shape index (κ2) is 9.21. The van der Waals surface area contributed by atoms with Gasteiger partial charge in [0.2, 0.25) is 5.78 Å². The Morgan fingerprint density at radius 3 is 1.72 bits per heavy atom. The summed E-state index contributed by atoms with van der Waals surface area (Å²) in [7, 11) is -4.10. The molecule has 0 unspecified atom stereocenters. The van der Waals surface area contributed by atoms with E-state index in [0.717, 1.165) is 11.4 Å². The topological polar surface area (TPSA) is 87.6 Å². The molecular weight excluding hydrogens is 446 g/mol. The Kier molecular flexibility index (Phi) is 6.20. The number of hydrogen-bond donors (Lipinski definition) is 2. The minimum Gasteiger partial charge on any atom is -0.354 e. The van der Waals surface area contributed by atoms with E-state index in [0.29, 0.717) is 16.4 Å². The van der Waals surface area contributed by atoms with E-state index in [-0.39, 0.29) is 10.6 Å². The van der Waals surface area contributed by atoms with Crippen LogP contribution < -0.4 is 10.6 Å². The van der Waals surface area contributed by atoms with Gasteiger partial charge >= 0.3 is 0 Å². The van der Waals surface area contributed by atoms with E-state index in [1.165, 1.54) is 36.4 Å². The van der Waals surface area contributed by atoms with Gasteiger partial charge < -0.3 is 10.6 Å². The number of nitrogens with zero attached hydrogens (tertiary/aromatic N) is 1. The molecule has 3 aromatic rings. The second-order valence-corrected chi connectivity index (χ2v) is 8.91. The molecule has 0 amide bonds. The van der Waals surface area contributed by atoms with Crippen molar-refractivity contribution in [1.82, 2.24) is 0 Å². The van der Waals surface area contributed by atoms with Gasteiger partial charge in [0.1, 0.15) is 5.71 Å². The van der Waals surface area contributed by atoms with Crippen LogP contribution in [0.15, 0.2) is 118 Å². The third-order valence-corrected chi connectivity index (χ3v) is 6.09. The van der Waals surface area contributed by atoms with E-state index < -0.39 is 15.8 Å². The van der Waals surface area contributed by atoms with Gasteiger partial charge in [0, 0.05) is 22.5 Å². The molecule has 8 heteroatoms. The predicted octanol–water partition coefficient (Wildman–Crippen LogP) is 5.04. The number of allylic oxidation sites excluding steroid dienone is 2. The number of carbonyl (C=O) groups is 1. The lowest BCUT2D eigenvalue weighted by Gasteiger charge is -2.20. The zero-order valence-electron chi connectivity index (χ0n) is 16.7. The molecule has 3 aromatic carbocycles. The minimum absolute atomic E-state index is 0.0506. The number of nitrogens with one attached hydrogen (secondary N) is 2. The van der Waals surface area contributed by atoms with E-state index in [1.54, 1.807) is 0 Å². The van der Waals surface area contributed by atoms with Crippen LogP contribution in [0.4, 0.5) is 11.4 Å². The number of halogens is 1. The Hall–Kier alpha value is -3.68. The summed E-state index contributed by atoms with van der Waals surface area (Å²) in [5.41, 5.74) is 2.35. The number of rotatable bonds is 6. The predicted molar refractivity (Wildman–Crippen MR) is 127 cm³/mol. The molecule has 0 saturated heterocycles. The summed E-state index contributed by atoms with van der Waals surface area (Å²) in [4.78, 5) is 12.7. The van der Waals surface area contributed by atoms with Gasteiger partial charge in [0.15, 0.2) is 0 Å². The summed E-state index contributed by atoms with van der Waals surface area (Å²) in [5.74, 6) is -0.528. The molecule has 0 atom stereocenters. The van der Waals surface area contributed by atoms with Crippen molar-refractivity contribution < 1.29 is 13.2 Å². The van der Waals surface area contributed by atoms with E-state index in [1.807, 2.05) is 60.7 Å². The third-order valence-electron chi connectivity index (χ3n) is 4.53. The van der Waals surface area contributed by atoms with Gasteiger partial charge in [0.25, 0.3) is 10.0 Å². The highest BCUT2D eigenvalue weighted by Gasteiger charge is 2.23. The highest BCUT2D eigenvalue weighted by Crippen LogP contribution is 2.23. The molecule has 1 aliphatic carbocycles. The summed E-state index contributed by atoms with van der Waals surface area (Å²) in [6.07, 6.45) is 2.75. The van der Waals surface area contributed by atoms with Crippen LogP contribution in [0.25, 0.3) is 0 Å². The fourth-order valence-electron chi connectivity index (χ4n) is 2.99. The lowest BCUT2D eigenvalue weighted by molar-refractivity contribution is -0.108. The van der Waals surface area contributed by atoms with Gasteiger partial charge in [-0.05, 0) is 54.6 Å². The molecule has 0 bridgehead atoms. The molecule has 0 aliphatic heterocycles. The SMILES string of the molecule is O=C1C=C(Nc2ccccc2)C(Nc2ccccc2)=CC1=NS(=O)(=O)c1ccc(Cl)cc1. The van der Waals surface area contributed by atoms with Crippen molar-refractivity contribution in [3.8, 4) is 0 Å². The molecule has 0 spiro atoms. The van der Waals surface area contributed by atoms with Crippen molar-refractivity contribution in [2.75, 3.05) is 10.6 Å². The van der Waals surface area contributed by atoms with E-state index in [2.05, 4.69) is 15.0 Å². The van der Waals surface area contributed by atoms with Crippen LogP contribution in [0.5, 0.6) is 0 Å². The molecule has 6 nitrogen and oxygen atoms in total. The van der Waals surface area contributed by atoms with Gasteiger partial charge in [-0.25, -0.2) is 0 Å². The first-order valence-corrected chi connectivity index (χ1v) is 11.5. The maximum absolute atomic E-state index is 12.8. The fraction of sp³-hybridized carbons (Fsp3) is 0. The summed E-state index contributed by atoms with van der Waals surface area (Å²) in [5, 5.41) is 6.82. The monoisotopic (exact) mass is 463 g/mol. The van der Waals surface area contributed by atoms with Gasteiger partial charge in [-0.3, -0.25) is 4.79 Å². The number of hydrogen-bond acceptors (Lipinski definition) is 5. The summed E-state index contributed by atoms with van der Waals surface area (Å²) >= 11 is 5.84. The molecule has 0 aromatic heterocycles. The Morgan fingerprint density at radius 1 is 0.688 bits per heavy atom. The van der Waals surface area contributed by atoms with E-state index >= 15 is 0 Å². The highest BCUT2D eigenvalue weighted by atomic mass is 35.5. The molecule has 0 radical (unpaired) electrons. The smallest absolute Gasteiger partial charge is 0.282 e. The van der Waals surface area contributed by atoms with Crippen molar-refractivity contribution in [3.05, 3.63) is 113 Å². The zero-order chi connectivity index (χ0) is 22.6. The van der Waals surface area contributed by atoms with Crippen LogP contribution in [0.1, 0.15) is 0 Å². The first-order chi connectivity index (χ1) is 15.4. The maximum atomic E-state index is 12.8. The molecule has 1 aliphatic rings. The van der Waals surface area contributed by atoms with Crippen LogP contribution in [0, 0.1) is 0 Å². The van der Waals surface area contributed by atoms with Crippen LogP contribution in [0.3, 0.4) is 0 Å². The highest BCUT2D eigenvalue weighted by molar-refractivity contribution is 7.90. The first kappa shape index (κ1) is 21.5. The minimum atomic E-state index is -4.10. The largest absolute Gasteiger partial charge is 0.354 e. The molecule has 2 N–H and O–H groups in total. The number of anilines is 2. The van der Waals surface area contributed by atoms with Gasteiger partial charge in [-0.1, -0.05) is 48.0 Å². The molecule has 32 heavy (non-hydrogen) atoms. The van der Waals surface area contributed by atoms with E-state index in [9.17, 15) is 13.2 Å². The Bertz CT molecular complexity index is 1330. The van der Waals surface area contributed by atoms with Crippen LogP contribution >= 0.6 is 11.6 Å². The van der Waals surface area contributed by atoms with Crippen molar-refractivity contribution in [2.45, 2.75) is 4.90 Å². The maximum Gasteiger partial charge on any atom is 0.282 e. The van der Waals surface area contributed by atoms with Gasteiger partial charge in [-0.15, -0.1) is 0 Å². The number of carbonyl (C=O) groups excluding carboxylic acids is 1. The van der Waals surface area contributed by atoms with Crippen molar-refractivity contribution in [1.29, 1.82) is 0 Å². The second-order valence-electron chi connectivity index (χ2n) is 6.87. The average Bonchev–Trinajstić information content (AvgIpc) is 2.78. The summed E-state index contributed by atoms with van der Waals surface area (Å²) in [6.45, 7) is 0.